The van der Waals surface area contributed by atoms with Gasteiger partial charge in [-0.3, -0.25) is 0 Å². The maximum Gasteiger partial charge on any atom is 0.416 e. The highest BCUT2D eigenvalue weighted by Gasteiger charge is 2.37. The molecule has 2 N–H and O–H groups in total. The minimum atomic E-state index is -4.34. The predicted molar refractivity (Wildman–Crippen MR) is 63.4 cm³/mol. The van der Waals surface area contributed by atoms with E-state index < -0.39 is 17.5 Å². The molecule has 1 aromatic carbocycles. The molecule has 1 fully saturated rings. The fraction of sp³-hybridized carbons (Fsp3) is 0.538. The third kappa shape index (κ3) is 3.46. The molecule has 0 amide bonds. The summed E-state index contributed by atoms with van der Waals surface area (Å²) >= 11 is 0. The number of hydrogen-bond donors (Lipinski definition) is 1. The number of rotatable bonds is 3. The van der Waals surface area contributed by atoms with Crippen LogP contribution in [-0.4, -0.2) is 25.0 Å². The van der Waals surface area contributed by atoms with Crippen molar-refractivity contribution in [3.8, 4) is 0 Å². The predicted octanol–water partition coefficient (Wildman–Crippen LogP) is 2.34. The van der Waals surface area contributed by atoms with Crippen molar-refractivity contribution in [1.29, 1.82) is 0 Å². The molecule has 0 aromatic heterocycles. The summed E-state index contributed by atoms with van der Waals surface area (Å²) in [5.41, 5.74) is 5.33. The van der Waals surface area contributed by atoms with Gasteiger partial charge in [0.15, 0.2) is 5.79 Å². The molecule has 1 saturated heterocycles. The molecule has 3 nitrogen and oxygen atoms in total. The lowest BCUT2D eigenvalue weighted by molar-refractivity contribution is -0.151. The summed E-state index contributed by atoms with van der Waals surface area (Å²) in [6, 6.07) is 5.18. The van der Waals surface area contributed by atoms with E-state index in [2.05, 4.69) is 0 Å². The van der Waals surface area contributed by atoms with Crippen molar-refractivity contribution in [3.05, 3.63) is 35.4 Å². The topological polar surface area (TPSA) is 44.5 Å². The van der Waals surface area contributed by atoms with Crippen molar-refractivity contribution in [2.75, 3.05) is 13.2 Å². The Balaban J connectivity index is 2.12. The lowest BCUT2D eigenvalue weighted by atomic mass is 10.0. The summed E-state index contributed by atoms with van der Waals surface area (Å²) in [6.45, 7) is 2.41. The largest absolute Gasteiger partial charge is 0.416 e. The highest BCUT2D eigenvalue weighted by Crippen LogP contribution is 2.32. The number of benzene rings is 1. The van der Waals surface area contributed by atoms with Crippen molar-refractivity contribution in [3.63, 3.8) is 0 Å². The minimum Gasteiger partial charge on any atom is -0.347 e. The van der Waals surface area contributed by atoms with E-state index in [4.69, 9.17) is 15.2 Å². The first kappa shape index (κ1) is 14.3. The number of alkyl halides is 3. The van der Waals surface area contributed by atoms with Gasteiger partial charge in [0.2, 0.25) is 0 Å². The van der Waals surface area contributed by atoms with Crippen LogP contribution in [0.2, 0.25) is 0 Å². The molecule has 0 bridgehead atoms. The fourth-order valence-corrected chi connectivity index (χ4v) is 2.13. The number of ether oxygens (including phenoxy) is 2. The van der Waals surface area contributed by atoms with Gasteiger partial charge in [-0.05, 0) is 18.6 Å². The van der Waals surface area contributed by atoms with Gasteiger partial charge in [0, 0.05) is 13.0 Å². The van der Waals surface area contributed by atoms with Gasteiger partial charge < -0.3 is 15.2 Å². The van der Waals surface area contributed by atoms with E-state index >= 15 is 0 Å². The number of halogens is 3. The molecule has 2 rings (SSSR count). The summed E-state index contributed by atoms with van der Waals surface area (Å²) in [6.07, 6.45) is -4.28. The molecule has 0 aliphatic carbocycles. The van der Waals surface area contributed by atoms with Crippen molar-refractivity contribution in [2.45, 2.75) is 31.4 Å². The summed E-state index contributed by atoms with van der Waals surface area (Å²) in [5.74, 6) is -0.908. The summed E-state index contributed by atoms with van der Waals surface area (Å²) in [5, 5.41) is 0. The Labute approximate surface area is 109 Å². The van der Waals surface area contributed by atoms with Crippen LogP contribution in [0.1, 0.15) is 18.1 Å². The van der Waals surface area contributed by atoms with E-state index in [-0.39, 0.29) is 12.5 Å². The molecule has 0 radical (unpaired) electrons. The zero-order chi connectivity index (χ0) is 14.1. The third-order valence-electron chi connectivity index (χ3n) is 3.03. The van der Waals surface area contributed by atoms with E-state index in [1.807, 2.05) is 0 Å². The molecular formula is C13H16F3NO2. The molecule has 2 atom stereocenters. The normalized spacial score (nSPS) is 27.7. The molecule has 0 spiro atoms. The maximum atomic E-state index is 12.6. The molecule has 0 saturated carbocycles. The van der Waals surface area contributed by atoms with Crippen LogP contribution in [0.4, 0.5) is 13.2 Å². The molecular weight excluding hydrogens is 259 g/mol. The molecule has 19 heavy (non-hydrogen) atoms. The Bertz CT molecular complexity index is 450. The Morgan fingerprint density at radius 2 is 2.16 bits per heavy atom. The Kier molecular flexibility index (Phi) is 3.85. The second kappa shape index (κ2) is 5.11. The highest BCUT2D eigenvalue weighted by molar-refractivity contribution is 5.26. The van der Waals surface area contributed by atoms with Crippen LogP contribution in [0.25, 0.3) is 0 Å². The first-order chi connectivity index (χ1) is 8.82. The van der Waals surface area contributed by atoms with Crippen LogP contribution >= 0.6 is 0 Å². The van der Waals surface area contributed by atoms with Gasteiger partial charge in [0.25, 0.3) is 0 Å². The molecule has 1 aliphatic rings. The van der Waals surface area contributed by atoms with Crippen LogP contribution in [0.5, 0.6) is 0 Å². The highest BCUT2D eigenvalue weighted by atomic mass is 19.4. The summed E-state index contributed by atoms with van der Waals surface area (Å²) in [7, 11) is 0. The van der Waals surface area contributed by atoms with Crippen molar-refractivity contribution in [1.82, 2.24) is 0 Å². The molecule has 6 heteroatoms. The lowest BCUT2D eigenvalue weighted by Gasteiger charge is -2.23. The third-order valence-corrected chi connectivity index (χ3v) is 3.03. The summed E-state index contributed by atoms with van der Waals surface area (Å²) in [4.78, 5) is 0. The van der Waals surface area contributed by atoms with Crippen LogP contribution in [0.3, 0.4) is 0 Å². The molecule has 2 unspecified atom stereocenters. The van der Waals surface area contributed by atoms with Gasteiger partial charge in [0.1, 0.15) is 0 Å². The van der Waals surface area contributed by atoms with Gasteiger partial charge in [0.05, 0.1) is 18.3 Å². The van der Waals surface area contributed by atoms with Crippen LogP contribution in [0.15, 0.2) is 24.3 Å². The van der Waals surface area contributed by atoms with E-state index in [1.165, 1.54) is 6.07 Å². The zero-order valence-corrected chi connectivity index (χ0v) is 10.5. The van der Waals surface area contributed by atoms with Gasteiger partial charge >= 0.3 is 6.18 Å². The second-order valence-corrected chi connectivity index (χ2v) is 4.80. The lowest BCUT2D eigenvalue weighted by Crippen LogP contribution is -2.31. The Morgan fingerprint density at radius 3 is 2.74 bits per heavy atom. The van der Waals surface area contributed by atoms with Crippen molar-refractivity contribution >= 4 is 0 Å². The van der Waals surface area contributed by atoms with Crippen LogP contribution < -0.4 is 5.73 Å². The average Bonchev–Trinajstić information content (AvgIpc) is 2.70. The molecule has 1 aromatic rings. The van der Waals surface area contributed by atoms with Gasteiger partial charge in [-0.2, -0.15) is 13.2 Å². The van der Waals surface area contributed by atoms with Crippen LogP contribution in [-0.2, 0) is 22.1 Å². The number of hydrogen-bond acceptors (Lipinski definition) is 3. The zero-order valence-electron chi connectivity index (χ0n) is 10.5. The van der Waals surface area contributed by atoms with Gasteiger partial charge in [-0.1, -0.05) is 18.2 Å². The van der Waals surface area contributed by atoms with E-state index in [0.29, 0.717) is 18.7 Å². The van der Waals surface area contributed by atoms with Crippen LogP contribution in [0, 0.1) is 0 Å². The van der Waals surface area contributed by atoms with E-state index in [9.17, 15) is 13.2 Å². The Morgan fingerprint density at radius 1 is 1.42 bits per heavy atom. The smallest absolute Gasteiger partial charge is 0.347 e. The monoisotopic (exact) mass is 275 g/mol. The molecule has 106 valence electrons. The summed E-state index contributed by atoms with van der Waals surface area (Å²) < 4.78 is 48.9. The van der Waals surface area contributed by atoms with E-state index in [1.54, 1.807) is 13.0 Å². The quantitative estimate of drug-likeness (QED) is 0.921. The van der Waals surface area contributed by atoms with Crippen molar-refractivity contribution in [2.24, 2.45) is 5.73 Å². The van der Waals surface area contributed by atoms with Gasteiger partial charge in [-0.25, -0.2) is 0 Å². The standard InChI is InChI=1S/C13H16F3NO2/c1-12(18-8-11(7-17)19-12)6-9-3-2-4-10(5-9)13(14,15)16/h2-5,11H,6-8,17H2,1H3. The van der Waals surface area contributed by atoms with Gasteiger partial charge in [-0.15, -0.1) is 0 Å². The fourth-order valence-electron chi connectivity index (χ4n) is 2.13. The number of nitrogens with two attached hydrogens (primary N) is 1. The van der Waals surface area contributed by atoms with Crippen molar-refractivity contribution < 1.29 is 22.6 Å². The first-order valence-corrected chi connectivity index (χ1v) is 6.00. The first-order valence-electron chi connectivity index (χ1n) is 6.00. The van der Waals surface area contributed by atoms with E-state index in [0.717, 1.165) is 12.1 Å². The molecule has 1 aliphatic heterocycles. The maximum absolute atomic E-state index is 12.6. The second-order valence-electron chi connectivity index (χ2n) is 4.80. The average molecular weight is 275 g/mol. The SMILES string of the molecule is CC1(Cc2cccc(C(F)(F)F)c2)OCC(CN)O1. The molecule has 1 heterocycles. The minimum absolute atomic E-state index is 0.198. The Hall–Kier alpha value is -1.11.